The normalized spacial score (nSPS) is 25.1. The van der Waals surface area contributed by atoms with Gasteiger partial charge in [0.2, 0.25) is 0 Å². The molecule has 0 aliphatic carbocycles. The van der Waals surface area contributed by atoms with E-state index in [1.54, 1.807) is 6.08 Å². The maximum Gasteiger partial charge on any atom is 0.303 e. The summed E-state index contributed by atoms with van der Waals surface area (Å²) in [5.41, 5.74) is 0. The van der Waals surface area contributed by atoms with E-state index in [-0.39, 0.29) is 18.2 Å². The van der Waals surface area contributed by atoms with Crippen LogP contribution in [0.3, 0.4) is 0 Å². The highest BCUT2D eigenvalue weighted by Crippen LogP contribution is 2.17. The van der Waals surface area contributed by atoms with Crippen LogP contribution in [0.4, 0.5) is 0 Å². The molecule has 1 fully saturated rings. The van der Waals surface area contributed by atoms with E-state index in [2.05, 4.69) is 6.58 Å². The van der Waals surface area contributed by atoms with Crippen LogP contribution < -0.4 is 0 Å². The van der Waals surface area contributed by atoms with Crippen molar-refractivity contribution in [2.24, 2.45) is 0 Å². The van der Waals surface area contributed by atoms with Crippen molar-refractivity contribution in [2.45, 2.75) is 19.1 Å². The average molecular weight is 142 g/mol. The van der Waals surface area contributed by atoms with Crippen LogP contribution in [0.25, 0.3) is 0 Å². The maximum absolute atomic E-state index is 10.4. The fourth-order valence-electron chi connectivity index (χ4n) is 0.713. The Balaban J connectivity index is 2.32. The van der Waals surface area contributed by atoms with Crippen molar-refractivity contribution in [3.05, 3.63) is 12.7 Å². The van der Waals surface area contributed by atoms with E-state index in [0.717, 1.165) is 0 Å². The third-order valence-corrected chi connectivity index (χ3v) is 1.26. The molecule has 1 saturated heterocycles. The first-order valence-corrected chi connectivity index (χ1v) is 3.15. The molecule has 0 saturated carbocycles. The molecule has 0 aromatic carbocycles. The molecule has 10 heavy (non-hydrogen) atoms. The Hall–Kier alpha value is -0.830. The zero-order chi connectivity index (χ0) is 7.56. The van der Waals surface area contributed by atoms with E-state index < -0.39 is 0 Å². The van der Waals surface area contributed by atoms with Crippen LogP contribution in [-0.4, -0.2) is 24.8 Å². The number of carbonyl (C=O) groups is 1. The number of epoxide rings is 1. The molecule has 56 valence electrons. The number of ether oxygens (including phenoxy) is 2. The van der Waals surface area contributed by atoms with Gasteiger partial charge in [-0.1, -0.05) is 6.58 Å². The van der Waals surface area contributed by atoms with E-state index in [4.69, 9.17) is 9.47 Å². The SMILES string of the molecule is C=C[C@@H](OC(C)=O)[C@@H]1CO1. The largest absolute Gasteiger partial charge is 0.455 e. The fraction of sp³-hybridized carbons (Fsp3) is 0.571. The van der Waals surface area contributed by atoms with Crippen LogP contribution in [0.5, 0.6) is 0 Å². The van der Waals surface area contributed by atoms with Crippen molar-refractivity contribution in [3.8, 4) is 0 Å². The summed E-state index contributed by atoms with van der Waals surface area (Å²) in [7, 11) is 0. The predicted octanol–water partition coefficient (Wildman–Crippen LogP) is 0.503. The Morgan fingerprint density at radius 2 is 2.60 bits per heavy atom. The van der Waals surface area contributed by atoms with Gasteiger partial charge in [-0.25, -0.2) is 0 Å². The first-order valence-electron chi connectivity index (χ1n) is 3.15. The number of hydrogen-bond acceptors (Lipinski definition) is 3. The second kappa shape index (κ2) is 2.84. The molecular formula is C7H10O3. The molecule has 1 rings (SSSR count). The molecule has 0 unspecified atom stereocenters. The lowest BCUT2D eigenvalue weighted by Gasteiger charge is -2.07. The van der Waals surface area contributed by atoms with Gasteiger partial charge in [0.25, 0.3) is 0 Å². The van der Waals surface area contributed by atoms with E-state index >= 15 is 0 Å². The highest BCUT2D eigenvalue weighted by atomic mass is 16.6. The Morgan fingerprint density at radius 3 is 2.90 bits per heavy atom. The number of carbonyl (C=O) groups excluding carboxylic acids is 1. The minimum Gasteiger partial charge on any atom is -0.455 e. The minimum absolute atomic E-state index is 0.0569. The van der Waals surface area contributed by atoms with E-state index in [1.807, 2.05) is 0 Å². The zero-order valence-corrected chi connectivity index (χ0v) is 5.87. The maximum atomic E-state index is 10.4. The summed E-state index contributed by atoms with van der Waals surface area (Å²) >= 11 is 0. The second-order valence-electron chi connectivity index (χ2n) is 2.18. The quantitative estimate of drug-likeness (QED) is 0.327. The van der Waals surface area contributed by atoms with Gasteiger partial charge in [-0.2, -0.15) is 0 Å². The molecule has 1 aliphatic rings. The summed E-state index contributed by atoms with van der Waals surface area (Å²) in [6, 6.07) is 0. The third kappa shape index (κ3) is 1.84. The predicted molar refractivity (Wildman–Crippen MR) is 35.5 cm³/mol. The summed E-state index contributed by atoms with van der Waals surface area (Å²) in [5.74, 6) is -0.291. The first-order chi connectivity index (χ1) is 4.74. The highest BCUT2D eigenvalue weighted by molar-refractivity contribution is 5.66. The van der Waals surface area contributed by atoms with E-state index in [9.17, 15) is 4.79 Å². The van der Waals surface area contributed by atoms with Gasteiger partial charge >= 0.3 is 5.97 Å². The zero-order valence-electron chi connectivity index (χ0n) is 5.87. The van der Waals surface area contributed by atoms with Crippen molar-refractivity contribution in [1.29, 1.82) is 0 Å². The summed E-state index contributed by atoms with van der Waals surface area (Å²) < 4.78 is 9.76. The smallest absolute Gasteiger partial charge is 0.303 e. The van der Waals surface area contributed by atoms with Crippen molar-refractivity contribution >= 4 is 5.97 Å². The van der Waals surface area contributed by atoms with Gasteiger partial charge in [-0.05, 0) is 6.08 Å². The molecule has 1 aliphatic heterocycles. The van der Waals surface area contributed by atoms with Gasteiger partial charge in [-0.3, -0.25) is 4.79 Å². The molecule has 0 N–H and O–H groups in total. The van der Waals surface area contributed by atoms with E-state index in [1.165, 1.54) is 6.92 Å². The van der Waals surface area contributed by atoms with Gasteiger partial charge in [-0.15, -0.1) is 0 Å². The number of esters is 1. The summed E-state index contributed by atoms with van der Waals surface area (Å²) in [6.45, 7) is 5.56. The summed E-state index contributed by atoms with van der Waals surface area (Å²) in [5, 5.41) is 0. The van der Waals surface area contributed by atoms with Crippen LogP contribution in [0.15, 0.2) is 12.7 Å². The monoisotopic (exact) mass is 142 g/mol. The van der Waals surface area contributed by atoms with Gasteiger partial charge in [0.05, 0.1) is 6.61 Å². The molecule has 0 aromatic heterocycles. The van der Waals surface area contributed by atoms with Crippen LogP contribution in [-0.2, 0) is 14.3 Å². The molecule has 3 nitrogen and oxygen atoms in total. The lowest BCUT2D eigenvalue weighted by molar-refractivity contribution is -0.144. The molecule has 0 radical (unpaired) electrons. The Morgan fingerprint density at radius 1 is 2.00 bits per heavy atom. The third-order valence-electron chi connectivity index (χ3n) is 1.26. The van der Waals surface area contributed by atoms with Crippen LogP contribution in [0, 0.1) is 0 Å². The Kier molecular flexibility index (Phi) is 2.06. The van der Waals surface area contributed by atoms with Crippen LogP contribution >= 0.6 is 0 Å². The summed E-state index contributed by atoms with van der Waals surface area (Å²) in [6.07, 6.45) is 1.39. The molecule has 2 atom stereocenters. The van der Waals surface area contributed by atoms with Crippen molar-refractivity contribution < 1.29 is 14.3 Å². The molecule has 0 aromatic rings. The van der Waals surface area contributed by atoms with Crippen molar-refractivity contribution in [1.82, 2.24) is 0 Å². The fourth-order valence-corrected chi connectivity index (χ4v) is 0.713. The molecular weight excluding hydrogens is 132 g/mol. The molecule has 0 amide bonds. The standard InChI is InChI=1S/C7H10O3/c1-3-6(7-4-9-7)10-5(2)8/h3,6-7H,1,4H2,2H3/t6-,7+/m1/s1. The lowest BCUT2D eigenvalue weighted by atomic mass is 10.3. The van der Waals surface area contributed by atoms with Crippen LogP contribution in [0.2, 0.25) is 0 Å². The van der Waals surface area contributed by atoms with Gasteiger partial charge in [0.1, 0.15) is 12.2 Å². The second-order valence-corrected chi connectivity index (χ2v) is 2.18. The highest BCUT2D eigenvalue weighted by Gasteiger charge is 2.32. The minimum atomic E-state index is -0.291. The Bertz CT molecular complexity index is 149. The van der Waals surface area contributed by atoms with Gasteiger partial charge in [0.15, 0.2) is 0 Å². The average Bonchev–Trinajstić information content (AvgIpc) is 2.63. The van der Waals surface area contributed by atoms with Crippen LogP contribution in [0.1, 0.15) is 6.92 Å². The topological polar surface area (TPSA) is 38.8 Å². The number of rotatable bonds is 3. The molecule has 0 bridgehead atoms. The van der Waals surface area contributed by atoms with Crippen molar-refractivity contribution in [2.75, 3.05) is 6.61 Å². The van der Waals surface area contributed by atoms with Crippen molar-refractivity contribution in [3.63, 3.8) is 0 Å². The van der Waals surface area contributed by atoms with Gasteiger partial charge < -0.3 is 9.47 Å². The van der Waals surface area contributed by atoms with Gasteiger partial charge in [0, 0.05) is 6.92 Å². The Labute approximate surface area is 59.6 Å². The summed E-state index contributed by atoms with van der Waals surface area (Å²) in [4.78, 5) is 10.4. The molecule has 3 heteroatoms. The number of hydrogen-bond donors (Lipinski definition) is 0. The molecule has 0 spiro atoms. The lowest BCUT2D eigenvalue weighted by Crippen LogP contribution is -2.19. The molecule has 1 heterocycles. The van der Waals surface area contributed by atoms with E-state index in [0.29, 0.717) is 6.61 Å². The first kappa shape index (κ1) is 7.28.